The van der Waals surface area contributed by atoms with Crippen LogP contribution in [-0.4, -0.2) is 108 Å². The summed E-state index contributed by atoms with van der Waals surface area (Å²) in [7, 11) is 0. The van der Waals surface area contributed by atoms with Crippen LogP contribution in [0.3, 0.4) is 0 Å². The van der Waals surface area contributed by atoms with Gasteiger partial charge in [-0.05, 0) is 69.0 Å². The molecule has 1 aliphatic carbocycles. The number of carbonyl (C=O) groups excluding carboxylic acids is 1. The number of nitrogens with one attached hydrogen (secondary N) is 1. The summed E-state index contributed by atoms with van der Waals surface area (Å²) in [5.74, 6) is 2.49. The number of pyridine rings is 1. The van der Waals surface area contributed by atoms with E-state index in [4.69, 9.17) is 40.3 Å². The Balaban J connectivity index is 1.03. The Morgan fingerprint density at radius 2 is 2.00 bits per heavy atom. The van der Waals surface area contributed by atoms with Gasteiger partial charge >= 0.3 is 12.0 Å². The number of terminal acetylenes is 1. The number of ether oxygens (including phenoxy) is 4. The number of esters is 1. The summed E-state index contributed by atoms with van der Waals surface area (Å²) in [6.07, 6.45) is 11.7. The number of likely N-dealkylation sites (tertiary alicyclic amines) is 1. The summed E-state index contributed by atoms with van der Waals surface area (Å²) in [6, 6.07) is 9.08. The van der Waals surface area contributed by atoms with E-state index in [-0.39, 0.29) is 65.0 Å². The number of benzene rings is 2. The fourth-order valence-corrected chi connectivity index (χ4v) is 8.72. The molecule has 2 aromatic carbocycles. The van der Waals surface area contributed by atoms with Crippen LogP contribution in [0.1, 0.15) is 51.0 Å². The number of halogens is 1. The topological polar surface area (TPSA) is 131 Å². The summed E-state index contributed by atoms with van der Waals surface area (Å²) in [5, 5.41) is 16.1. The molecule has 53 heavy (non-hydrogen) atoms. The number of hydrogen-bond acceptors (Lipinski definition) is 12. The van der Waals surface area contributed by atoms with Crippen LogP contribution in [0.2, 0.25) is 0 Å². The van der Waals surface area contributed by atoms with Gasteiger partial charge in [0.15, 0.2) is 5.82 Å². The first-order valence-corrected chi connectivity index (χ1v) is 18.7. The molecular formula is C40H43FN6O6. The first-order chi connectivity index (χ1) is 25.8. The minimum atomic E-state index is -0.662. The average molecular weight is 723 g/mol. The van der Waals surface area contributed by atoms with Gasteiger partial charge in [0, 0.05) is 60.2 Å². The number of rotatable bonds is 10. The van der Waals surface area contributed by atoms with Gasteiger partial charge < -0.3 is 39.2 Å². The van der Waals surface area contributed by atoms with Crippen molar-refractivity contribution in [2.75, 3.05) is 57.5 Å². The predicted molar refractivity (Wildman–Crippen MR) is 196 cm³/mol. The van der Waals surface area contributed by atoms with Gasteiger partial charge in [-0.1, -0.05) is 18.1 Å². The van der Waals surface area contributed by atoms with E-state index >= 15 is 4.39 Å². The third kappa shape index (κ3) is 6.36. The Morgan fingerprint density at radius 3 is 2.79 bits per heavy atom. The van der Waals surface area contributed by atoms with Crippen molar-refractivity contribution in [1.82, 2.24) is 25.2 Å². The zero-order chi connectivity index (χ0) is 36.3. The maximum atomic E-state index is 17.2. The number of phenols is 1. The third-order valence-electron chi connectivity index (χ3n) is 11.6. The van der Waals surface area contributed by atoms with E-state index in [1.165, 1.54) is 6.07 Å². The molecule has 3 saturated heterocycles. The second-order valence-corrected chi connectivity index (χ2v) is 15.1. The Bertz CT molecular complexity index is 2130. The SMILES string of the molecule is C#Cc1cccc2cc(O)cc(-c3nc4c5c(nc(OCC6(CN7CCC(OCC(=O)OCC)CC7)CC6)nc5c3F)N3C[C@H]5CC[C@H](N5)[C@H]3CO4)c12. The number of nitrogens with zero attached hydrogens (tertiary/aromatic N) is 5. The van der Waals surface area contributed by atoms with Crippen molar-refractivity contribution in [3.05, 3.63) is 41.7 Å². The standard InChI is InChI=1S/C40H43FN6O6/c1-3-23-6-5-7-24-16-26(48)17-28(32(23)24)35-34(41)36-33-37(47-18-25-8-9-29(42-25)30(47)19-52-38(33)43-35)45-39(44-36)53-22-40(12-13-40)21-46-14-10-27(11-15-46)51-20-31(49)50-4-2/h1,5-7,16-17,25,27,29-30,42,48H,4,8-15,18-22H2,2H3/t25-,29+,30-/m1/s1. The van der Waals surface area contributed by atoms with E-state index in [0.29, 0.717) is 65.5 Å². The molecule has 9 rings (SSSR count). The molecule has 2 bridgehead atoms. The molecule has 2 N–H and O–H groups in total. The summed E-state index contributed by atoms with van der Waals surface area (Å²) in [6.45, 7) is 6.17. The average Bonchev–Trinajstić information content (AvgIpc) is 3.86. The summed E-state index contributed by atoms with van der Waals surface area (Å²) >= 11 is 0. The molecule has 0 spiro atoms. The summed E-state index contributed by atoms with van der Waals surface area (Å²) < 4.78 is 40.8. The molecule has 13 heteroatoms. The van der Waals surface area contributed by atoms with Gasteiger partial charge in [0.25, 0.3) is 0 Å². The molecular weight excluding hydrogens is 679 g/mol. The Labute approximate surface area is 307 Å². The van der Waals surface area contributed by atoms with Crippen LogP contribution in [0.4, 0.5) is 10.2 Å². The minimum absolute atomic E-state index is 0.0118. The monoisotopic (exact) mass is 722 g/mol. The largest absolute Gasteiger partial charge is 0.508 e. The Morgan fingerprint density at radius 1 is 1.15 bits per heavy atom. The fourth-order valence-electron chi connectivity index (χ4n) is 8.72. The number of aromatic hydroxyl groups is 1. The quantitative estimate of drug-likeness (QED) is 0.176. The molecule has 2 aromatic heterocycles. The van der Waals surface area contributed by atoms with Crippen LogP contribution in [-0.2, 0) is 14.3 Å². The van der Waals surface area contributed by atoms with E-state index in [9.17, 15) is 9.90 Å². The molecule has 276 valence electrons. The second kappa shape index (κ2) is 13.6. The van der Waals surface area contributed by atoms with Gasteiger partial charge in [-0.25, -0.2) is 14.2 Å². The van der Waals surface area contributed by atoms with Crippen molar-refractivity contribution in [3.63, 3.8) is 0 Å². The molecule has 12 nitrogen and oxygen atoms in total. The lowest BCUT2D eigenvalue weighted by Crippen LogP contribution is -2.60. The third-order valence-corrected chi connectivity index (χ3v) is 11.6. The maximum Gasteiger partial charge on any atom is 0.332 e. The first kappa shape index (κ1) is 34.0. The highest BCUT2D eigenvalue weighted by Gasteiger charge is 2.47. The molecule has 0 amide bonds. The summed E-state index contributed by atoms with van der Waals surface area (Å²) in [5.41, 5.74) is 0.898. The molecule has 3 atom stereocenters. The van der Waals surface area contributed by atoms with Crippen molar-refractivity contribution in [3.8, 4) is 41.2 Å². The highest BCUT2D eigenvalue weighted by Crippen LogP contribution is 2.48. The Kier molecular flexibility index (Phi) is 8.72. The second-order valence-electron chi connectivity index (χ2n) is 15.1. The lowest BCUT2D eigenvalue weighted by Gasteiger charge is -2.40. The zero-order valence-corrected chi connectivity index (χ0v) is 29.8. The lowest BCUT2D eigenvalue weighted by atomic mass is 9.96. The van der Waals surface area contributed by atoms with Crippen molar-refractivity contribution in [1.29, 1.82) is 0 Å². The smallest absolute Gasteiger partial charge is 0.332 e. The molecule has 4 fully saturated rings. The van der Waals surface area contributed by atoms with E-state index in [2.05, 4.69) is 21.0 Å². The van der Waals surface area contributed by atoms with Crippen LogP contribution < -0.4 is 19.7 Å². The van der Waals surface area contributed by atoms with Gasteiger partial charge in [-0.3, -0.25) is 0 Å². The molecule has 1 saturated carbocycles. The minimum Gasteiger partial charge on any atom is -0.508 e. The van der Waals surface area contributed by atoms with Crippen LogP contribution in [0, 0.1) is 23.6 Å². The van der Waals surface area contributed by atoms with Gasteiger partial charge in [0.1, 0.15) is 41.4 Å². The number of carbonyl (C=O) groups is 1. The number of fused-ring (bicyclic) bond motifs is 6. The zero-order valence-electron chi connectivity index (χ0n) is 29.8. The van der Waals surface area contributed by atoms with E-state index < -0.39 is 5.82 Å². The number of piperazine rings is 1. The van der Waals surface area contributed by atoms with Gasteiger partial charge in [-0.2, -0.15) is 9.97 Å². The van der Waals surface area contributed by atoms with Crippen LogP contribution in [0.25, 0.3) is 32.9 Å². The fraction of sp³-hybridized carbons (Fsp3) is 0.500. The number of phenolic OH excluding ortho intramolecular Hbond substituents is 1. The molecule has 0 radical (unpaired) electrons. The lowest BCUT2D eigenvalue weighted by molar-refractivity contribution is -0.151. The summed E-state index contributed by atoms with van der Waals surface area (Å²) in [4.78, 5) is 30.9. The molecule has 5 aliphatic rings. The highest BCUT2D eigenvalue weighted by atomic mass is 19.1. The predicted octanol–water partition coefficient (Wildman–Crippen LogP) is 4.58. The van der Waals surface area contributed by atoms with Crippen molar-refractivity contribution < 1.29 is 33.2 Å². The van der Waals surface area contributed by atoms with Crippen molar-refractivity contribution in [2.45, 2.75) is 69.7 Å². The van der Waals surface area contributed by atoms with Crippen molar-refractivity contribution in [2.24, 2.45) is 5.41 Å². The van der Waals surface area contributed by atoms with E-state index in [1.807, 2.05) is 6.07 Å². The highest BCUT2D eigenvalue weighted by molar-refractivity contribution is 6.04. The number of aromatic nitrogens is 3. The number of anilines is 1. The van der Waals surface area contributed by atoms with Crippen LogP contribution in [0.5, 0.6) is 17.6 Å². The van der Waals surface area contributed by atoms with Gasteiger partial charge in [0.2, 0.25) is 5.88 Å². The molecule has 4 aliphatic heterocycles. The maximum absolute atomic E-state index is 17.2. The molecule has 6 heterocycles. The number of piperidine rings is 1. The molecule has 0 unspecified atom stereocenters. The Hall–Kier alpha value is -4.77. The van der Waals surface area contributed by atoms with Crippen molar-refractivity contribution >= 4 is 33.5 Å². The number of hydrogen-bond donors (Lipinski definition) is 2. The van der Waals surface area contributed by atoms with Crippen LogP contribution in [0.15, 0.2) is 30.3 Å². The van der Waals surface area contributed by atoms with Gasteiger partial charge in [-0.15, -0.1) is 6.42 Å². The van der Waals surface area contributed by atoms with Crippen LogP contribution >= 0.6 is 0 Å². The normalized spacial score (nSPS) is 23.3. The van der Waals surface area contributed by atoms with E-state index in [0.717, 1.165) is 58.2 Å². The molecule has 4 aromatic rings. The van der Waals surface area contributed by atoms with E-state index in [1.54, 1.807) is 25.1 Å². The van der Waals surface area contributed by atoms with Gasteiger partial charge in [0.05, 0.1) is 25.4 Å². The first-order valence-electron chi connectivity index (χ1n) is 18.7.